The number of amides is 1. The lowest BCUT2D eigenvalue weighted by molar-refractivity contribution is -0.142. The Bertz CT molecular complexity index is 455. The Morgan fingerprint density at radius 2 is 2.35 bits per heavy atom. The molecule has 0 bridgehead atoms. The summed E-state index contributed by atoms with van der Waals surface area (Å²) in [5.41, 5.74) is 0.785. The second-order valence-electron chi connectivity index (χ2n) is 4.22. The van der Waals surface area contributed by atoms with Crippen LogP contribution in [0.2, 0.25) is 0 Å². The largest absolute Gasteiger partial charge is 0.481 e. The first-order valence-corrected chi connectivity index (χ1v) is 5.55. The summed E-state index contributed by atoms with van der Waals surface area (Å²) in [6.45, 7) is 2.37. The van der Waals surface area contributed by atoms with Crippen molar-refractivity contribution in [3.05, 3.63) is 18.0 Å². The molecule has 1 fully saturated rings. The van der Waals surface area contributed by atoms with Gasteiger partial charge in [-0.3, -0.25) is 14.3 Å². The van der Waals surface area contributed by atoms with Crippen LogP contribution in [0.4, 0.5) is 0 Å². The van der Waals surface area contributed by atoms with E-state index < -0.39 is 17.9 Å². The third-order valence-electron chi connectivity index (χ3n) is 3.16. The normalized spacial score (nSPS) is 24.4. The Morgan fingerprint density at radius 3 is 2.82 bits per heavy atom. The molecule has 0 radical (unpaired) electrons. The molecule has 0 saturated carbocycles. The number of aliphatic carboxylic acids is 1. The molecule has 1 amide bonds. The molecule has 6 heteroatoms. The van der Waals surface area contributed by atoms with Gasteiger partial charge in [0, 0.05) is 31.8 Å². The van der Waals surface area contributed by atoms with Crippen LogP contribution in [-0.2, 0) is 16.6 Å². The van der Waals surface area contributed by atoms with Gasteiger partial charge in [-0.2, -0.15) is 5.10 Å². The maximum Gasteiger partial charge on any atom is 0.309 e. The molecule has 1 aliphatic rings. The van der Waals surface area contributed by atoms with E-state index in [4.69, 9.17) is 0 Å². The van der Waals surface area contributed by atoms with Crippen molar-refractivity contribution in [2.45, 2.75) is 19.4 Å². The summed E-state index contributed by atoms with van der Waals surface area (Å²) in [6.07, 6.45) is 3.46. The zero-order valence-electron chi connectivity index (χ0n) is 9.83. The number of rotatable bonds is 3. The number of nitrogens with zero attached hydrogens (tertiary/aromatic N) is 3. The minimum absolute atomic E-state index is 0.0722. The second-order valence-corrected chi connectivity index (χ2v) is 4.22. The zero-order valence-corrected chi connectivity index (χ0v) is 9.83. The Labute approximate surface area is 98.8 Å². The second kappa shape index (κ2) is 4.20. The summed E-state index contributed by atoms with van der Waals surface area (Å²) in [5.74, 6) is -1.71. The average molecular weight is 237 g/mol. The molecule has 92 valence electrons. The molecule has 2 atom stereocenters. The Hall–Kier alpha value is -1.85. The summed E-state index contributed by atoms with van der Waals surface area (Å²) in [7, 11) is 1.77. The highest BCUT2D eigenvalue weighted by molar-refractivity contribution is 5.87. The van der Waals surface area contributed by atoms with E-state index >= 15 is 0 Å². The fraction of sp³-hybridized carbons (Fsp3) is 0.545. The van der Waals surface area contributed by atoms with Crippen LogP contribution in [-0.4, -0.2) is 38.2 Å². The van der Waals surface area contributed by atoms with Crippen molar-refractivity contribution in [1.82, 2.24) is 14.7 Å². The predicted octanol–water partition coefficient (Wildman–Crippen LogP) is 0.414. The van der Waals surface area contributed by atoms with Gasteiger partial charge in [0.2, 0.25) is 5.91 Å². The number of carboxylic acids is 1. The van der Waals surface area contributed by atoms with Crippen molar-refractivity contribution in [1.29, 1.82) is 0 Å². The molecule has 1 aromatic rings. The van der Waals surface area contributed by atoms with Gasteiger partial charge >= 0.3 is 5.97 Å². The molecule has 17 heavy (non-hydrogen) atoms. The first kappa shape index (κ1) is 11.6. The summed E-state index contributed by atoms with van der Waals surface area (Å²) >= 11 is 0. The van der Waals surface area contributed by atoms with Gasteiger partial charge < -0.3 is 10.0 Å². The lowest BCUT2D eigenvalue weighted by Crippen LogP contribution is -2.30. The molecule has 0 aromatic carbocycles. The summed E-state index contributed by atoms with van der Waals surface area (Å²) in [6, 6.07) is -0.390. The van der Waals surface area contributed by atoms with Crippen molar-refractivity contribution in [2.75, 3.05) is 6.54 Å². The molecule has 1 aliphatic heterocycles. The molecular formula is C11H15N3O3. The van der Waals surface area contributed by atoms with Crippen molar-refractivity contribution in [2.24, 2.45) is 13.0 Å². The molecule has 2 rings (SSSR count). The van der Waals surface area contributed by atoms with Gasteiger partial charge in [0.1, 0.15) is 0 Å². The average Bonchev–Trinajstić information content (AvgIpc) is 2.81. The van der Waals surface area contributed by atoms with E-state index in [-0.39, 0.29) is 12.3 Å². The summed E-state index contributed by atoms with van der Waals surface area (Å²) in [5, 5.41) is 13.2. The number of carbonyl (C=O) groups excluding carboxylic acids is 1. The molecule has 2 heterocycles. The zero-order chi connectivity index (χ0) is 12.6. The van der Waals surface area contributed by atoms with Gasteiger partial charge in [0.15, 0.2) is 0 Å². The molecule has 1 N–H and O–H groups in total. The SMILES string of the molecule is CCN1C(=O)CC(C(=O)O)C1c1cnn(C)c1. The van der Waals surface area contributed by atoms with E-state index in [0.29, 0.717) is 6.54 Å². The fourth-order valence-electron chi connectivity index (χ4n) is 2.39. The number of aryl methyl sites for hydroxylation is 1. The molecule has 6 nitrogen and oxygen atoms in total. The summed E-state index contributed by atoms with van der Waals surface area (Å²) < 4.78 is 1.62. The van der Waals surface area contributed by atoms with Gasteiger partial charge in [0.05, 0.1) is 18.2 Å². The maximum atomic E-state index is 11.7. The van der Waals surface area contributed by atoms with Crippen LogP contribution < -0.4 is 0 Å². The summed E-state index contributed by atoms with van der Waals surface area (Å²) in [4.78, 5) is 24.5. The maximum absolute atomic E-state index is 11.7. The molecule has 1 aromatic heterocycles. The molecule has 0 spiro atoms. The van der Waals surface area contributed by atoms with Crippen LogP contribution in [0.25, 0.3) is 0 Å². The molecule has 0 aliphatic carbocycles. The lowest BCUT2D eigenvalue weighted by atomic mass is 9.96. The van der Waals surface area contributed by atoms with Crippen molar-refractivity contribution in [3.8, 4) is 0 Å². The van der Waals surface area contributed by atoms with Gasteiger partial charge in [-0.1, -0.05) is 0 Å². The van der Waals surface area contributed by atoms with E-state index in [9.17, 15) is 14.7 Å². The van der Waals surface area contributed by atoms with E-state index in [1.807, 2.05) is 6.92 Å². The quantitative estimate of drug-likeness (QED) is 0.826. The van der Waals surface area contributed by atoms with E-state index in [1.54, 1.807) is 29.0 Å². The topological polar surface area (TPSA) is 75.4 Å². The van der Waals surface area contributed by atoms with Crippen LogP contribution in [0.5, 0.6) is 0 Å². The minimum Gasteiger partial charge on any atom is -0.481 e. The molecule has 1 saturated heterocycles. The van der Waals surface area contributed by atoms with Crippen LogP contribution in [0.3, 0.4) is 0 Å². The van der Waals surface area contributed by atoms with Gasteiger partial charge in [-0.25, -0.2) is 0 Å². The third kappa shape index (κ3) is 1.90. The highest BCUT2D eigenvalue weighted by Crippen LogP contribution is 2.37. The molecular weight excluding hydrogens is 222 g/mol. The smallest absolute Gasteiger partial charge is 0.309 e. The highest BCUT2D eigenvalue weighted by Gasteiger charge is 2.44. The predicted molar refractivity (Wildman–Crippen MR) is 59.1 cm³/mol. The van der Waals surface area contributed by atoms with Crippen molar-refractivity contribution < 1.29 is 14.7 Å². The van der Waals surface area contributed by atoms with Gasteiger partial charge in [-0.05, 0) is 6.92 Å². The molecule has 2 unspecified atom stereocenters. The van der Waals surface area contributed by atoms with E-state index in [0.717, 1.165) is 5.56 Å². The number of hydrogen-bond donors (Lipinski definition) is 1. The van der Waals surface area contributed by atoms with Gasteiger partial charge in [0.25, 0.3) is 0 Å². The van der Waals surface area contributed by atoms with Gasteiger partial charge in [-0.15, -0.1) is 0 Å². The highest BCUT2D eigenvalue weighted by atomic mass is 16.4. The fourth-order valence-corrected chi connectivity index (χ4v) is 2.39. The first-order chi connectivity index (χ1) is 8.04. The van der Waals surface area contributed by atoms with E-state index in [2.05, 4.69) is 5.10 Å². The number of likely N-dealkylation sites (tertiary alicyclic amines) is 1. The Morgan fingerprint density at radius 1 is 1.65 bits per heavy atom. The standard InChI is InChI=1S/C11H15N3O3/c1-3-14-9(15)4-8(11(16)17)10(14)7-5-12-13(2)6-7/h5-6,8,10H,3-4H2,1-2H3,(H,16,17). The van der Waals surface area contributed by atoms with E-state index in [1.165, 1.54) is 0 Å². The Kier molecular flexibility index (Phi) is 2.87. The minimum atomic E-state index is -0.928. The lowest BCUT2D eigenvalue weighted by Gasteiger charge is -2.24. The number of carbonyl (C=O) groups is 2. The first-order valence-electron chi connectivity index (χ1n) is 5.55. The Balaban J connectivity index is 2.38. The number of carboxylic acid groups (broad SMARTS) is 1. The van der Waals surface area contributed by atoms with Crippen LogP contribution in [0, 0.1) is 5.92 Å². The number of aromatic nitrogens is 2. The number of hydrogen-bond acceptors (Lipinski definition) is 3. The third-order valence-corrected chi connectivity index (χ3v) is 3.16. The van der Waals surface area contributed by atoms with Crippen LogP contribution >= 0.6 is 0 Å². The monoisotopic (exact) mass is 237 g/mol. The van der Waals surface area contributed by atoms with Crippen molar-refractivity contribution in [3.63, 3.8) is 0 Å². The van der Waals surface area contributed by atoms with Crippen molar-refractivity contribution >= 4 is 11.9 Å². The van der Waals surface area contributed by atoms with Crippen LogP contribution in [0.15, 0.2) is 12.4 Å². The van der Waals surface area contributed by atoms with Crippen LogP contribution in [0.1, 0.15) is 24.9 Å².